The van der Waals surface area contributed by atoms with E-state index in [0.717, 1.165) is 13.0 Å². The van der Waals surface area contributed by atoms with Crippen LogP contribution in [0.2, 0.25) is 0 Å². The molecule has 78 valence electrons. The molecule has 0 bridgehead atoms. The van der Waals surface area contributed by atoms with Crippen molar-refractivity contribution in [3.63, 3.8) is 0 Å². The molecule has 0 saturated heterocycles. The Balaban J connectivity index is 3.85. The fraction of sp³-hybridized carbons (Fsp3) is 0.875. The number of nitrogens with zero attached hydrogens (tertiary/aromatic N) is 1. The van der Waals surface area contributed by atoms with Gasteiger partial charge >= 0.3 is 0 Å². The lowest BCUT2D eigenvalue weighted by molar-refractivity contribution is 0.0638. The van der Waals surface area contributed by atoms with E-state index in [1.165, 1.54) is 0 Å². The first-order valence-corrected chi connectivity index (χ1v) is 4.80. The van der Waals surface area contributed by atoms with Gasteiger partial charge in [0.1, 0.15) is 0 Å². The SMILES string of the molecule is CCCN(CC(N)=S)CC(O)CO. The molecule has 4 nitrogen and oxygen atoms in total. The second-order valence-corrected chi connectivity index (χ2v) is 3.56. The van der Waals surface area contributed by atoms with Gasteiger partial charge in [0.15, 0.2) is 0 Å². The van der Waals surface area contributed by atoms with Crippen LogP contribution in [0.1, 0.15) is 13.3 Å². The van der Waals surface area contributed by atoms with Crippen LogP contribution >= 0.6 is 12.2 Å². The lowest BCUT2D eigenvalue weighted by atomic mass is 10.3. The summed E-state index contributed by atoms with van der Waals surface area (Å²) in [5.41, 5.74) is 5.39. The Kier molecular flexibility index (Phi) is 7.07. The molecule has 0 fully saturated rings. The average molecular weight is 206 g/mol. The maximum absolute atomic E-state index is 9.19. The van der Waals surface area contributed by atoms with Gasteiger partial charge in [-0.1, -0.05) is 19.1 Å². The van der Waals surface area contributed by atoms with Crippen LogP contribution in [0.5, 0.6) is 0 Å². The molecule has 0 saturated carbocycles. The third-order valence-corrected chi connectivity index (χ3v) is 1.73. The summed E-state index contributed by atoms with van der Waals surface area (Å²) in [6.07, 6.45) is 0.265. The first-order valence-electron chi connectivity index (χ1n) is 4.39. The summed E-state index contributed by atoms with van der Waals surface area (Å²) >= 11 is 4.77. The molecule has 0 aromatic rings. The molecule has 1 atom stereocenters. The van der Waals surface area contributed by atoms with Crippen LogP contribution in [0.15, 0.2) is 0 Å². The zero-order valence-electron chi connectivity index (χ0n) is 7.94. The van der Waals surface area contributed by atoms with Gasteiger partial charge in [0.05, 0.1) is 17.7 Å². The fourth-order valence-corrected chi connectivity index (χ4v) is 1.31. The van der Waals surface area contributed by atoms with E-state index in [-0.39, 0.29) is 6.61 Å². The molecule has 0 heterocycles. The Labute approximate surface area is 84.3 Å². The molecule has 0 aliphatic rings. The summed E-state index contributed by atoms with van der Waals surface area (Å²) in [5, 5.41) is 17.8. The third kappa shape index (κ3) is 6.89. The van der Waals surface area contributed by atoms with E-state index in [9.17, 15) is 5.11 Å². The monoisotopic (exact) mass is 206 g/mol. The molecule has 13 heavy (non-hydrogen) atoms. The Morgan fingerprint density at radius 2 is 2.23 bits per heavy atom. The highest BCUT2D eigenvalue weighted by atomic mass is 32.1. The van der Waals surface area contributed by atoms with Crippen molar-refractivity contribution in [2.45, 2.75) is 19.4 Å². The third-order valence-electron chi connectivity index (χ3n) is 1.60. The van der Waals surface area contributed by atoms with E-state index < -0.39 is 6.10 Å². The molecule has 0 aromatic heterocycles. The van der Waals surface area contributed by atoms with Crippen LogP contribution < -0.4 is 5.73 Å². The van der Waals surface area contributed by atoms with Gasteiger partial charge in [-0.15, -0.1) is 0 Å². The van der Waals surface area contributed by atoms with Crippen molar-refractivity contribution in [1.82, 2.24) is 4.90 Å². The van der Waals surface area contributed by atoms with Crippen LogP contribution in [-0.2, 0) is 0 Å². The van der Waals surface area contributed by atoms with Crippen molar-refractivity contribution in [1.29, 1.82) is 0 Å². The van der Waals surface area contributed by atoms with Crippen molar-refractivity contribution in [2.75, 3.05) is 26.2 Å². The van der Waals surface area contributed by atoms with Gasteiger partial charge in [0.2, 0.25) is 0 Å². The highest BCUT2D eigenvalue weighted by Gasteiger charge is 2.10. The number of rotatable bonds is 7. The molecule has 0 spiro atoms. The summed E-state index contributed by atoms with van der Waals surface area (Å²) < 4.78 is 0. The van der Waals surface area contributed by atoms with Gasteiger partial charge < -0.3 is 15.9 Å². The molecule has 0 radical (unpaired) electrons. The molecule has 0 aliphatic carbocycles. The summed E-state index contributed by atoms with van der Waals surface area (Å²) in [6, 6.07) is 0. The van der Waals surface area contributed by atoms with Crippen molar-refractivity contribution in [3.05, 3.63) is 0 Å². The summed E-state index contributed by atoms with van der Waals surface area (Å²) in [7, 11) is 0. The lowest BCUT2D eigenvalue weighted by Crippen LogP contribution is -2.39. The molecule has 0 aliphatic heterocycles. The number of hydrogen-bond acceptors (Lipinski definition) is 4. The van der Waals surface area contributed by atoms with Gasteiger partial charge in [0.25, 0.3) is 0 Å². The minimum Gasteiger partial charge on any atom is -0.394 e. The van der Waals surface area contributed by atoms with Crippen molar-refractivity contribution in [3.8, 4) is 0 Å². The maximum Gasteiger partial charge on any atom is 0.0897 e. The predicted molar refractivity (Wildman–Crippen MR) is 56.6 cm³/mol. The number of thiocarbonyl (C=S) groups is 1. The highest BCUT2D eigenvalue weighted by molar-refractivity contribution is 7.80. The predicted octanol–water partition coefficient (Wildman–Crippen LogP) is -0.662. The topological polar surface area (TPSA) is 69.7 Å². The van der Waals surface area contributed by atoms with Crippen LogP contribution in [-0.4, -0.2) is 52.4 Å². The first-order chi connectivity index (χ1) is 6.10. The van der Waals surface area contributed by atoms with Gasteiger partial charge in [-0.05, 0) is 13.0 Å². The molecule has 0 rings (SSSR count). The molecule has 0 aromatic carbocycles. The standard InChI is InChI=1S/C8H18N2O2S/c1-2-3-10(5-8(9)13)4-7(12)6-11/h7,11-12H,2-6H2,1H3,(H2,9,13). The Hall–Kier alpha value is -0.230. The maximum atomic E-state index is 9.19. The smallest absolute Gasteiger partial charge is 0.0897 e. The second-order valence-electron chi connectivity index (χ2n) is 3.04. The minimum atomic E-state index is -0.708. The zero-order valence-corrected chi connectivity index (χ0v) is 8.76. The van der Waals surface area contributed by atoms with E-state index >= 15 is 0 Å². The highest BCUT2D eigenvalue weighted by Crippen LogP contribution is 1.94. The molecular weight excluding hydrogens is 188 g/mol. The second kappa shape index (κ2) is 7.20. The van der Waals surface area contributed by atoms with Crippen LogP contribution in [0, 0.1) is 0 Å². The normalized spacial score (nSPS) is 13.2. The van der Waals surface area contributed by atoms with E-state index in [1.54, 1.807) is 0 Å². The number of nitrogens with two attached hydrogens (primary N) is 1. The molecule has 4 N–H and O–H groups in total. The van der Waals surface area contributed by atoms with Crippen LogP contribution in [0.4, 0.5) is 0 Å². The quantitative estimate of drug-likeness (QED) is 0.482. The summed E-state index contributed by atoms with van der Waals surface area (Å²) in [5.74, 6) is 0. The number of aliphatic hydroxyl groups excluding tert-OH is 2. The van der Waals surface area contributed by atoms with Gasteiger partial charge in [0, 0.05) is 13.1 Å². The van der Waals surface area contributed by atoms with Gasteiger partial charge in [-0.25, -0.2) is 0 Å². The average Bonchev–Trinajstić information content (AvgIpc) is 2.03. The summed E-state index contributed by atoms with van der Waals surface area (Å²) in [6.45, 7) is 3.56. The first kappa shape index (κ1) is 12.8. The van der Waals surface area contributed by atoms with E-state index in [0.29, 0.717) is 18.1 Å². The minimum absolute atomic E-state index is 0.225. The van der Waals surface area contributed by atoms with E-state index in [1.807, 2.05) is 11.8 Å². The Bertz CT molecular complexity index is 155. The van der Waals surface area contributed by atoms with E-state index in [4.69, 9.17) is 23.1 Å². The van der Waals surface area contributed by atoms with Gasteiger partial charge in [-0.3, -0.25) is 4.90 Å². The van der Waals surface area contributed by atoms with Crippen molar-refractivity contribution >= 4 is 17.2 Å². The molecule has 0 amide bonds. The Morgan fingerprint density at radius 1 is 1.62 bits per heavy atom. The van der Waals surface area contributed by atoms with Gasteiger partial charge in [-0.2, -0.15) is 0 Å². The Morgan fingerprint density at radius 3 is 2.62 bits per heavy atom. The van der Waals surface area contributed by atoms with Crippen LogP contribution in [0.25, 0.3) is 0 Å². The largest absolute Gasteiger partial charge is 0.394 e. The van der Waals surface area contributed by atoms with Crippen molar-refractivity contribution < 1.29 is 10.2 Å². The van der Waals surface area contributed by atoms with E-state index in [2.05, 4.69) is 0 Å². The molecular formula is C8H18N2O2S. The number of hydrogen-bond donors (Lipinski definition) is 3. The number of aliphatic hydroxyl groups is 2. The summed E-state index contributed by atoms with van der Waals surface area (Å²) in [4.78, 5) is 2.35. The van der Waals surface area contributed by atoms with Crippen molar-refractivity contribution in [2.24, 2.45) is 5.73 Å². The molecule has 5 heteroatoms. The van der Waals surface area contributed by atoms with Crippen LogP contribution in [0.3, 0.4) is 0 Å². The zero-order chi connectivity index (χ0) is 10.3. The fourth-order valence-electron chi connectivity index (χ4n) is 1.13. The molecule has 1 unspecified atom stereocenters. The lowest BCUT2D eigenvalue weighted by Gasteiger charge is -2.22.